The van der Waals surface area contributed by atoms with Crippen LogP contribution in [-0.4, -0.2) is 63.2 Å². The van der Waals surface area contributed by atoms with Crippen molar-refractivity contribution >= 4 is 10.0 Å². The van der Waals surface area contributed by atoms with E-state index in [-0.39, 0.29) is 0 Å². The molecule has 0 bridgehead atoms. The lowest BCUT2D eigenvalue weighted by Gasteiger charge is -2.38. The van der Waals surface area contributed by atoms with Crippen molar-refractivity contribution in [2.75, 3.05) is 46.0 Å². The first-order valence-corrected chi connectivity index (χ1v) is 13.3. The predicted octanol–water partition coefficient (Wildman–Crippen LogP) is 5.19. The quantitative estimate of drug-likeness (QED) is 0.263. The average Bonchev–Trinajstić information content (AvgIpc) is 2.61. The number of quaternary nitrogens is 1. The van der Waals surface area contributed by atoms with Gasteiger partial charge in [0.1, 0.15) is 0 Å². The maximum Gasteiger partial charge on any atom is 0.214 e. The highest BCUT2D eigenvalue weighted by Crippen LogP contribution is 2.15. The normalized spacial score (nSPS) is 18.0. The van der Waals surface area contributed by atoms with Crippen LogP contribution >= 0.6 is 0 Å². The number of likely N-dealkylation sites (N-methyl/N-ethyl adjacent to an activating group) is 1. The second kappa shape index (κ2) is 13.9. The number of sulfonamides is 1. The van der Waals surface area contributed by atoms with Crippen molar-refractivity contribution in [1.82, 2.24) is 4.31 Å². The monoisotopic (exact) mass is 403 g/mol. The van der Waals surface area contributed by atoms with Crippen molar-refractivity contribution in [1.29, 1.82) is 0 Å². The van der Waals surface area contributed by atoms with E-state index in [1.807, 2.05) is 0 Å². The Balaban J connectivity index is 1.91. The fraction of sp³-hybridized carbons (Fsp3) is 1.00. The van der Waals surface area contributed by atoms with E-state index in [0.717, 1.165) is 30.4 Å². The molecule has 1 rings (SSSR count). The van der Waals surface area contributed by atoms with Gasteiger partial charge in [0.25, 0.3) is 0 Å². The van der Waals surface area contributed by atoms with E-state index in [0.29, 0.717) is 18.8 Å². The molecule has 0 radical (unpaired) electrons. The molecule has 4 nitrogen and oxygen atoms in total. The van der Waals surface area contributed by atoms with Gasteiger partial charge < -0.3 is 4.48 Å². The van der Waals surface area contributed by atoms with Gasteiger partial charge in [0.15, 0.2) is 0 Å². The van der Waals surface area contributed by atoms with Crippen LogP contribution in [0.15, 0.2) is 0 Å². The molecule has 1 heterocycles. The van der Waals surface area contributed by atoms with Crippen molar-refractivity contribution in [3.05, 3.63) is 0 Å². The molecule has 1 aliphatic heterocycles. The second-order valence-electron chi connectivity index (χ2n) is 9.19. The number of rotatable bonds is 16. The smallest absolute Gasteiger partial charge is 0.214 e. The molecule has 0 saturated carbocycles. The summed E-state index contributed by atoms with van der Waals surface area (Å²) in [5.74, 6) is 0.346. The molecule has 0 atom stereocenters. The Hall–Kier alpha value is -0.130. The molecule has 0 amide bonds. The van der Waals surface area contributed by atoms with Crippen LogP contribution in [-0.2, 0) is 10.0 Å². The van der Waals surface area contributed by atoms with E-state index < -0.39 is 10.0 Å². The third kappa shape index (κ3) is 12.1. The van der Waals surface area contributed by atoms with Gasteiger partial charge in [-0.2, -0.15) is 4.31 Å². The molecule has 1 saturated heterocycles. The van der Waals surface area contributed by atoms with E-state index in [4.69, 9.17) is 0 Å². The number of nitrogens with zero attached hydrogens (tertiary/aromatic N) is 2. The number of hydrogen-bond donors (Lipinski definition) is 0. The summed E-state index contributed by atoms with van der Waals surface area (Å²) in [5.41, 5.74) is 0. The van der Waals surface area contributed by atoms with Crippen LogP contribution in [0, 0.1) is 0 Å². The van der Waals surface area contributed by atoms with Crippen molar-refractivity contribution in [2.24, 2.45) is 0 Å². The Labute approximate surface area is 170 Å². The van der Waals surface area contributed by atoms with Crippen molar-refractivity contribution in [3.63, 3.8) is 0 Å². The summed E-state index contributed by atoms with van der Waals surface area (Å²) in [7, 11) is 1.33. The van der Waals surface area contributed by atoms with E-state index >= 15 is 0 Å². The van der Waals surface area contributed by atoms with Gasteiger partial charge >= 0.3 is 0 Å². The Morgan fingerprint density at radius 2 is 1.04 bits per heavy atom. The first-order chi connectivity index (χ1) is 12.9. The van der Waals surface area contributed by atoms with E-state index in [1.54, 1.807) is 4.31 Å². The lowest BCUT2D eigenvalue weighted by atomic mass is 10.0. The van der Waals surface area contributed by atoms with Gasteiger partial charge in [0.2, 0.25) is 10.0 Å². The summed E-state index contributed by atoms with van der Waals surface area (Å²) < 4.78 is 27.5. The molecule has 0 aromatic carbocycles. The van der Waals surface area contributed by atoms with Crippen LogP contribution in [0.1, 0.15) is 96.8 Å². The van der Waals surface area contributed by atoms with Gasteiger partial charge in [-0.15, -0.1) is 0 Å². The zero-order valence-corrected chi connectivity index (χ0v) is 19.4. The molecule has 162 valence electrons. The minimum Gasteiger partial charge on any atom is -0.326 e. The second-order valence-corrected chi connectivity index (χ2v) is 11.3. The van der Waals surface area contributed by atoms with Crippen molar-refractivity contribution in [3.8, 4) is 0 Å². The Morgan fingerprint density at radius 1 is 0.667 bits per heavy atom. The zero-order valence-electron chi connectivity index (χ0n) is 18.6. The number of piperazine rings is 1. The average molecular weight is 404 g/mol. The van der Waals surface area contributed by atoms with E-state index in [9.17, 15) is 8.42 Å². The first-order valence-electron chi connectivity index (χ1n) is 11.7. The zero-order chi connectivity index (χ0) is 20.0. The van der Waals surface area contributed by atoms with Crippen LogP contribution < -0.4 is 0 Å². The summed E-state index contributed by atoms with van der Waals surface area (Å²) in [6.07, 6.45) is 18.2. The van der Waals surface area contributed by atoms with Crippen LogP contribution in [0.25, 0.3) is 0 Å². The molecule has 0 spiro atoms. The van der Waals surface area contributed by atoms with Crippen molar-refractivity contribution in [2.45, 2.75) is 96.8 Å². The fourth-order valence-electron chi connectivity index (χ4n) is 3.87. The SMILES string of the molecule is CCCCCCCCCCCCCCCCS(=O)(=O)N1CC[N+](C)(C)CC1. The molecule has 0 unspecified atom stereocenters. The summed E-state index contributed by atoms with van der Waals surface area (Å²) >= 11 is 0. The minimum atomic E-state index is -3.03. The van der Waals surface area contributed by atoms with E-state index in [2.05, 4.69) is 21.0 Å². The molecule has 0 aliphatic carbocycles. The summed E-state index contributed by atoms with van der Waals surface area (Å²) in [6.45, 7) is 5.51. The van der Waals surface area contributed by atoms with Crippen LogP contribution in [0.3, 0.4) is 0 Å². The molecular formula is C22H47N2O2S+. The molecule has 1 aliphatic rings. The highest BCUT2D eigenvalue weighted by Gasteiger charge is 2.31. The fourth-order valence-corrected chi connectivity index (χ4v) is 5.42. The van der Waals surface area contributed by atoms with Crippen LogP contribution in [0.5, 0.6) is 0 Å². The van der Waals surface area contributed by atoms with Gasteiger partial charge in [-0.05, 0) is 6.42 Å². The highest BCUT2D eigenvalue weighted by atomic mass is 32.2. The van der Waals surface area contributed by atoms with Crippen molar-refractivity contribution < 1.29 is 12.9 Å². The van der Waals surface area contributed by atoms with E-state index in [1.165, 1.54) is 77.0 Å². The van der Waals surface area contributed by atoms with Gasteiger partial charge in [-0.3, -0.25) is 0 Å². The lowest BCUT2D eigenvalue weighted by Crippen LogP contribution is -2.56. The Bertz CT molecular complexity index is 453. The highest BCUT2D eigenvalue weighted by molar-refractivity contribution is 7.89. The molecule has 1 fully saturated rings. The molecule has 0 aromatic heterocycles. The van der Waals surface area contributed by atoms with Gasteiger partial charge in [-0.1, -0.05) is 90.4 Å². The maximum atomic E-state index is 12.4. The molecule has 27 heavy (non-hydrogen) atoms. The number of unbranched alkanes of at least 4 members (excludes halogenated alkanes) is 13. The topological polar surface area (TPSA) is 37.4 Å². The van der Waals surface area contributed by atoms with Crippen LogP contribution in [0.4, 0.5) is 0 Å². The molecular weight excluding hydrogens is 356 g/mol. The summed E-state index contributed by atoms with van der Waals surface area (Å²) in [6, 6.07) is 0. The Kier molecular flexibility index (Phi) is 12.9. The third-order valence-electron chi connectivity index (χ3n) is 6.06. The summed E-state index contributed by atoms with van der Waals surface area (Å²) in [5, 5.41) is 0. The predicted molar refractivity (Wildman–Crippen MR) is 118 cm³/mol. The summed E-state index contributed by atoms with van der Waals surface area (Å²) in [4.78, 5) is 0. The largest absolute Gasteiger partial charge is 0.326 e. The third-order valence-corrected chi connectivity index (χ3v) is 8.02. The van der Waals surface area contributed by atoms with Crippen LogP contribution in [0.2, 0.25) is 0 Å². The van der Waals surface area contributed by atoms with Gasteiger partial charge in [0, 0.05) is 0 Å². The molecule has 0 N–H and O–H groups in total. The molecule has 0 aromatic rings. The van der Waals surface area contributed by atoms with Gasteiger partial charge in [0.05, 0.1) is 46.0 Å². The molecule has 5 heteroatoms. The maximum absolute atomic E-state index is 12.4. The standard InChI is InChI=1S/C22H47N2O2S/c1-4-5-6-7-8-9-10-11-12-13-14-15-16-17-22-27(25,26)23-18-20-24(2,3)21-19-23/h4-22H2,1-3H3/q+1. The first kappa shape index (κ1) is 24.9. The Morgan fingerprint density at radius 3 is 1.44 bits per heavy atom. The minimum absolute atomic E-state index is 0.346. The number of hydrogen-bond acceptors (Lipinski definition) is 2. The lowest BCUT2D eigenvalue weighted by molar-refractivity contribution is -0.893. The van der Waals surface area contributed by atoms with Gasteiger partial charge in [-0.25, -0.2) is 8.42 Å².